The quantitative estimate of drug-likeness (QED) is 0.411. The molecule has 3 N–H and O–H groups in total. The van der Waals surface area contributed by atoms with Gasteiger partial charge in [0.1, 0.15) is 11.6 Å². The van der Waals surface area contributed by atoms with Gasteiger partial charge in [-0.2, -0.15) is 0 Å². The summed E-state index contributed by atoms with van der Waals surface area (Å²) in [4.78, 5) is 41.5. The van der Waals surface area contributed by atoms with Crippen molar-refractivity contribution < 1.29 is 23.5 Å². The van der Waals surface area contributed by atoms with E-state index in [1.54, 1.807) is 36.1 Å². The van der Waals surface area contributed by atoms with Crippen LogP contribution in [0.15, 0.2) is 59.0 Å². The lowest BCUT2D eigenvalue weighted by molar-refractivity contribution is -0.141. The lowest BCUT2D eigenvalue weighted by atomic mass is 9.78. The van der Waals surface area contributed by atoms with Crippen molar-refractivity contribution in [1.29, 1.82) is 0 Å². The Balaban J connectivity index is 1.37. The van der Waals surface area contributed by atoms with Crippen LogP contribution in [0.1, 0.15) is 68.0 Å². The van der Waals surface area contributed by atoms with Crippen LogP contribution in [0, 0.1) is 11.8 Å². The molecule has 8 nitrogen and oxygen atoms in total. The molecule has 0 spiro atoms. The number of nitrogens with one attached hydrogen (secondary N) is 1. The van der Waals surface area contributed by atoms with Gasteiger partial charge in [-0.05, 0) is 81.7 Å². The molecule has 1 aliphatic carbocycles. The molecule has 39 heavy (non-hydrogen) atoms. The Morgan fingerprint density at radius 1 is 1.05 bits per heavy atom. The molecule has 8 heteroatoms. The minimum Gasteiger partial charge on any atom is -0.460 e. The summed E-state index contributed by atoms with van der Waals surface area (Å²) in [6.45, 7) is 4.58. The summed E-state index contributed by atoms with van der Waals surface area (Å²) in [7, 11) is 0. The highest BCUT2D eigenvalue weighted by molar-refractivity contribution is 6.00. The highest BCUT2D eigenvalue weighted by Crippen LogP contribution is 2.38. The fourth-order valence-electron chi connectivity index (χ4n) is 6.18. The molecule has 2 fully saturated rings. The van der Waals surface area contributed by atoms with Gasteiger partial charge in [0.05, 0.1) is 6.61 Å². The zero-order valence-electron chi connectivity index (χ0n) is 22.6. The van der Waals surface area contributed by atoms with E-state index in [-0.39, 0.29) is 42.1 Å². The first-order chi connectivity index (χ1) is 18.9. The molecule has 1 saturated heterocycles. The molecule has 5 rings (SSSR count). The molecule has 3 aromatic rings. The van der Waals surface area contributed by atoms with Crippen LogP contribution < -0.4 is 11.1 Å². The number of rotatable bonds is 7. The minimum absolute atomic E-state index is 0.0704. The monoisotopic (exact) mass is 531 g/mol. The van der Waals surface area contributed by atoms with E-state index in [1.807, 2.05) is 37.3 Å². The van der Waals surface area contributed by atoms with E-state index in [1.165, 1.54) is 0 Å². The van der Waals surface area contributed by atoms with E-state index in [0.29, 0.717) is 29.1 Å². The van der Waals surface area contributed by atoms with Gasteiger partial charge in [0, 0.05) is 35.5 Å². The Hall–Kier alpha value is -3.65. The van der Waals surface area contributed by atoms with Crippen molar-refractivity contribution >= 4 is 34.4 Å². The number of carbonyl (C=O) groups is 3. The molecule has 2 aliphatic rings. The van der Waals surface area contributed by atoms with Gasteiger partial charge in [0.2, 0.25) is 17.6 Å². The van der Waals surface area contributed by atoms with Crippen molar-refractivity contribution in [2.45, 2.75) is 64.0 Å². The smallest absolute Gasteiger partial charge is 0.374 e. The number of ether oxygens (including phenoxy) is 1. The summed E-state index contributed by atoms with van der Waals surface area (Å²) < 4.78 is 10.6. The number of hydrogen-bond acceptors (Lipinski definition) is 6. The van der Waals surface area contributed by atoms with Crippen molar-refractivity contribution in [3.63, 3.8) is 0 Å². The lowest BCUT2D eigenvalue weighted by Gasteiger charge is -2.34. The van der Waals surface area contributed by atoms with E-state index < -0.39 is 12.0 Å². The van der Waals surface area contributed by atoms with Crippen LogP contribution in [0.2, 0.25) is 0 Å². The van der Waals surface area contributed by atoms with Gasteiger partial charge in [-0.25, -0.2) is 4.79 Å². The van der Waals surface area contributed by atoms with Crippen LogP contribution in [-0.2, 0) is 14.3 Å². The number of amides is 2. The van der Waals surface area contributed by atoms with Gasteiger partial charge >= 0.3 is 5.97 Å². The molecule has 2 heterocycles. The second-order valence-electron chi connectivity index (χ2n) is 10.8. The van der Waals surface area contributed by atoms with E-state index in [2.05, 4.69) is 5.32 Å². The fraction of sp³-hybridized carbons (Fsp3) is 0.452. The molecule has 2 aromatic carbocycles. The molecular formula is C31H37N3O5. The first-order valence-electron chi connectivity index (χ1n) is 14.0. The normalized spacial score (nSPS) is 23.9. The SMILES string of the molecule is CCOC(=O)c1cc2cc(NC(=O)[C@@H]3[C@@H](c4ccccc4)CCN3C(=O)C3CCC(C(C)N)CC3)ccc2o1. The third kappa shape index (κ3) is 5.71. The molecule has 2 amide bonds. The summed E-state index contributed by atoms with van der Waals surface area (Å²) in [5.74, 6) is -0.276. The number of carbonyl (C=O) groups excluding carboxylic acids is 3. The molecule has 1 saturated carbocycles. The average molecular weight is 532 g/mol. The molecular weight excluding hydrogens is 494 g/mol. The Morgan fingerprint density at radius 3 is 2.49 bits per heavy atom. The summed E-state index contributed by atoms with van der Waals surface area (Å²) in [5.41, 5.74) is 8.27. The van der Waals surface area contributed by atoms with Crippen LogP contribution in [-0.4, -0.2) is 47.9 Å². The first kappa shape index (κ1) is 26.9. The fourth-order valence-corrected chi connectivity index (χ4v) is 6.18. The van der Waals surface area contributed by atoms with Gasteiger partial charge in [0.15, 0.2) is 0 Å². The van der Waals surface area contributed by atoms with Gasteiger partial charge in [-0.15, -0.1) is 0 Å². The maximum Gasteiger partial charge on any atom is 0.374 e. The van der Waals surface area contributed by atoms with Crippen molar-refractivity contribution in [2.75, 3.05) is 18.5 Å². The van der Waals surface area contributed by atoms with Crippen LogP contribution in [0.5, 0.6) is 0 Å². The van der Waals surface area contributed by atoms with Crippen molar-refractivity contribution in [2.24, 2.45) is 17.6 Å². The number of nitrogens with zero attached hydrogens (tertiary/aromatic N) is 1. The first-order valence-corrected chi connectivity index (χ1v) is 14.0. The van der Waals surface area contributed by atoms with Gasteiger partial charge < -0.3 is 25.1 Å². The molecule has 1 aromatic heterocycles. The number of likely N-dealkylation sites (tertiary alicyclic amines) is 1. The van der Waals surface area contributed by atoms with Crippen molar-refractivity contribution in [3.8, 4) is 0 Å². The second kappa shape index (κ2) is 11.6. The van der Waals surface area contributed by atoms with Gasteiger partial charge in [-0.1, -0.05) is 30.3 Å². The second-order valence-corrected chi connectivity index (χ2v) is 10.8. The zero-order valence-corrected chi connectivity index (χ0v) is 22.6. The molecule has 1 aliphatic heterocycles. The predicted octanol–water partition coefficient (Wildman–Crippen LogP) is 5.09. The van der Waals surface area contributed by atoms with E-state index in [9.17, 15) is 14.4 Å². The lowest BCUT2D eigenvalue weighted by Crippen LogP contribution is -2.48. The van der Waals surface area contributed by atoms with Crippen molar-refractivity contribution in [3.05, 3.63) is 65.9 Å². The summed E-state index contributed by atoms with van der Waals surface area (Å²) >= 11 is 0. The molecule has 206 valence electrons. The van der Waals surface area contributed by atoms with Crippen molar-refractivity contribution in [1.82, 2.24) is 4.90 Å². The van der Waals surface area contributed by atoms with Crippen LogP contribution in [0.25, 0.3) is 11.0 Å². The number of anilines is 1. The Kier molecular flexibility index (Phi) is 8.02. The summed E-state index contributed by atoms with van der Waals surface area (Å²) in [5, 5.41) is 3.72. The largest absolute Gasteiger partial charge is 0.460 e. The topological polar surface area (TPSA) is 115 Å². The number of benzene rings is 2. The predicted molar refractivity (Wildman–Crippen MR) is 149 cm³/mol. The third-order valence-electron chi connectivity index (χ3n) is 8.30. The standard InChI is InChI=1S/C31H37N3O5/c1-3-38-31(37)27-18-23-17-24(13-14-26(23)39-27)33-29(35)28-25(21-7-5-4-6-8-21)15-16-34(28)30(36)22-11-9-20(10-12-22)19(2)32/h4-8,13-14,17-20,22,25,28H,3,9-12,15-16,32H2,1-2H3,(H,33,35)/t19?,20?,22?,25-,28+/m1/s1. The summed E-state index contributed by atoms with van der Waals surface area (Å²) in [6, 6.07) is 16.3. The Bertz CT molecular complexity index is 1330. The zero-order chi connectivity index (χ0) is 27.5. The van der Waals surface area contributed by atoms with E-state index in [4.69, 9.17) is 14.9 Å². The minimum atomic E-state index is -0.610. The highest BCUT2D eigenvalue weighted by atomic mass is 16.5. The third-order valence-corrected chi connectivity index (χ3v) is 8.30. The maximum absolute atomic E-state index is 13.9. The van der Waals surface area contributed by atoms with E-state index in [0.717, 1.165) is 37.7 Å². The molecule has 0 radical (unpaired) electrons. The number of hydrogen-bond donors (Lipinski definition) is 2. The van der Waals surface area contributed by atoms with Gasteiger partial charge in [-0.3, -0.25) is 9.59 Å². The highest BCUT2D eigenvalue weighted by Gasteiger charge is 2.44. The number of furan rings is 1. The molecule has 1 unspecified atom stereocenters. The van der Waals surface area contributed by atoms with E-state index >= 15 is 0 Å². The Morgan fingerprint density at radius 2 is 1.79 bits per heavy atom. The number of nitrogens with two attached hydrogens (primary N) is 1. The number of fused-ring (bicyclic) bond motifs is 1. The Labute approximate surface area is 228 Å². The molecule has 0 bridgehead atoms. The summed E-state index contributed by atoms with van der Waals surface area (Å²) in [6.07, 6.45) is 4.24. The maximum atomic E-state index is 13.9. The van der Waals surface area contributed by atoms with Gasteiger partial charge in [0.25, 0.3) is 0 Å². The van der Waals surface area contributed by atoms with Crippen LogP contribution in [0.3, 0.4) is 0 Å². The average Bonchev–Trinajstić information content (AvgIpc) is 3.58. The number of esters is 1. The molecule has 3 atom stereocenters. The van der Waals surface area contributed by atoms with Crippen LogP contribution >= 0.6 is 0 Å². The van der Waals surface area contributed by atoms with Crippen LogP contribution in [0.4, 0.5) is 5.69 Å².